The first-order valence-corrected chi connectivity index (χ1v) is 19.8. The molecule has 4 aromatic rings. The van der Waals surface area contributed by atoms with Crippen LogP contribution in [0.4, 0.5) is 0 Å². The molecule has 2 aliphatic carbocycles. The molecule has 0 spiro atoms. The maximum absolute atomic E-state index is 2.52. The molecule has 1 unspecified atom stereocenters. The largest absolute Gasteiger partial charge is 1.00 e. The minimum Gasteiger partial charge on any atom is -1.00 e. The van der Waals surface area contributed by atoms with Crippen molar-refractivity contribution < 1.29 is 47.6 Å². The summed E-state index contributed by atoms with van der Waals surface area (Å²) in [6.07, 6.45) is 17.7. The summed E-state index contributed by atoms with van der Waals surface area (Å²) in [6, 6.07) is 30.0. The van der Waals surface area contributed by atoms with Crippen molar-refractivity contribution in [1.29, 1.82) is 0 Å². The molecular formula is C43H47Cl2Zr. The molecule has 0 saturated carbocycles. The normalized spacial score (nSPS) is 14.1. The van der Waals surface area contributed by atoms with Gasteiger partial charge < -0.3 is 24.8 Å². The van der Waals surface area contributed by atoms with Gasteiger partial charge in [-0.2, -0.15) is 0 Å². The fourth-order valence-electron chi connectivity index (χ4n) is 7.75. The van der Waals surface area contributed by atoms with Crippen molar-refractivity contribution in [2.75, 3.05) is 0 Å². The van der Waals surface area contributed by atoms with Crippen LogP contribution in [0.15, 0.2) is 97.1 Å². The predicted octanol–water partition coefficient (Wildman–Crippen LogP) is 5.27. The fourth-order valence-corrected chi connectivity index (χ4v) is 12.1. The average Bonchev–Trinajstić information content (AvgIpc) is 3.70. The number of allylic oxidation sites excluding steroid dienone is 4. The van der Waals surface area contributed by atoms with E-state index in [0.717, 1.165) is 12.8 Å². The number of fused-ring (bicyclic) bond motifs is 3. The Balaban J connectivity index is 0.00000240. The summed E-state index contributed by atoms with van der Waals surface area (Å²) < 4.78 is 2.12. The Bertz CT molecular complexity index is 1670. The zero-order valence-corrected chi connectivity index (χ0v) is 31.9. The molecule has 46 heavy (non-hydrogen) atoms. The molecule has 6 rings (SSSR count). The van der Waals surface area contributed by atoms with E-state index in [1.165, 1.54) is 56.1 Å². The second-order valence-corrected chi connectivity index (χ2v) is 15.8. The molecule has 0 aromatic heterocycles. The van der Waals surface area contributed by atoms with Crippen LogP contribution in [0.5, 0.6) is 0 Å². The quantitative estimate of drug-likeness (QED) is 0.187. The Morgan fingerprint density at radius 2 is 1.17 bits per heavy atom. The average molecular weight is 726 g/mol. The Morgan fingerprint density at radius 1 is 0.609 bits per heavy atom. The number of halogens is 2. The molecule has 0 N–H and O–H groups in total. The molecule has 3 heteroatoms. The van der Waals surface area contributed by atoms with Gasteiger partial charge in [-0.25, -0.2) is 0 Å². The SMILES string of the molecule is CCCc1cccc2c1-c1c(CCC)c(CCC)c(CCC)c(C3=CC=CC3)c1[CH]2[Zr+2]=[C](c1ccccc1)c1ccccc1.[Cl-].[Cl-]. The van der Waals surface area contributed by atoms with Crippen molar-refractivity contribution in [3.8, 4) is 11.1 Å². The molecule has 0 bridgehead atoms. The maximum atomic E-state index is 2.52. The Labute approximate surface area is 301 Å². The molecule has 237 valence electrons. The third-order valence-corrected chi connectivity index (χ3v) is 13.7. The van der Waals surface area contributed by atoms with Gasteiger partial charge in [-0.15, -0.1) is 0 Å². The summed E-state index contributed by atoms with van der Waals surface area (Å²) >= 11 is -1.21. The smallest absolute Gasteiger partial charge is 1.00 e. The third-order valence-electron chi connectivity index (χ3n) is 9.43. The van der Waals surface area contributed by atoms with Crippen molar-refractivity contribution in [3.05, 3.63) is 147 Å². The number of hydrogen-bond donors (Lipinski definition) is 0. The zero-order valence-electron chi connectivity index (χ0n) is 27.9. The molecule has 0 fully saturated rings. The first-order chi connectivity index (χ1) is 21.7. The molecular weight excluding hydrogens is 679 g/mol. The van der Waals surface area contributed by atoms with Crippen LogP contribution in [0.3, 0.4) is 0 Å². The molecule has 0 heterocycles. The standard InChI is InChI=1S/C30H37.C13H10.2ClH.Zr/c1-5-12-21-18-11-19-23-20-27-29(22-16-9-10-17-22)25(14-7-3)24(13-6-2)26(15-8-4)30(27)28(21)23;1-3-7-12(8-4-1)11-13-9-5-2-6-10-13;;;/h9-11,16,18-20H,5-8,12-15,17H2,1-4H3;1-10H;2*1H;/q;;;;+2/p-2. The van der Waals surface area contributed by atoms with Crippen LogP contribution >= 0.6 is 0 Å². The topological polar surface area (TPSA) is 0 Å². The fraction of sp³-hybridized carbons (Fsp3) is 0.326. The van der Waals surface area contributed by atoms with Crippen LogP contribution in [0.25, 0.3) is 16.7 Å². The van der Waals surface area contributed by atoms with Gasteiger partial charge in [0.15, 0.2) is 0 Å². The van der Waals surface area contributed by atoms with Crippen LogP contribution in [0, 0.1) is 0 Å². The molecule has 1 atom stereocenters. The molecule has 0 nitrogen and oxygen atoms in total. The van der Waals surface area contributed by atoms with E-state index >= 15 is 0 Å². The first-order valence-electron chi connectivity index (χ1n) is 17.1. The van der Waals surface area contributed by atoms with Crippen LogP contribution < -0.4 is 24.8 Å². The summed E-state index contributed by atoms with van der Waals surface area (Å²) in [5, 5.41) is 0. The minimum absolute atomic E-state index is 0. The molecule has 0 aliphatic heterocycles. The van der Waals surface area contributed by atoms with Gasteiger partial charge in [-0.1, -0.05) is 0 Å². The predicted molar refractivity (Wildman–Crippen MR) is 188 cm³/mol. The summed E-state index contributed by atoms with van der Waals surface area (Å²) in [5.74, 6) is 0. The molecule has 4 aromatic carbocycles. The zero-order chi connectivity index (χ0) is 30.5. The van der Waals surface area contributed by atoms with E-state index in [9.17, 15) is 0 Å². The van der Waals surface area contributed by atoms with Crippen LogP contribution in [0.1, 0.15) is 113 Å². The second kappa shape index (κ2) is 17.2. The van der Waals surface area contributed by atoms with E-state index in [4.69, 9.17) is 0 Å². The van der Waals surface area contributed by atoms with E-state index < -0.39 is 22.8 Å². The van der Waals surface area contributed by atoms with Gasteiger partial charge in [0.25, 0.3) is 0 Å². The summed E-state index contributed by atoms with van der Waals surface area (Å²) in [6.45, 7) is 9.49. The Hall–Kier alpha value is -2.31. The van der Waals surface area contributed by atoms with Crippen molar-refractivity contribution in [2.24, 2.45) is 0 Å². The van der Waals surface area contributed by atoms with E-state index in [1.54, 1.807) is 58.9 Å². The van der Waals surface area contributed by atoms with Crippen molar-refractivity contribution in [2.45, 2.75) is 89.1 Å². The Morgan fingerprint density at radius 3 is 1.72 bits per heavy atom. The maximum Gasteiger partial charge on any atom is -1.00 e. The number of hydrogen-bond acceptors (Lipinski definition) is 0. The number of aryl methyl sites for hydroxylation is 1. The van der Waals surface area contributed by atoms with Gasteiger partial charge in [-0.05, 0) is 0 Å². The van der Waals surface area contributed by atoms with Gasteiger partial charge in [0.2, 0.25) is 0 Å². The first kappa shape index (κ1) is 36.5. The summed E-state index contributed by atoms with van der Waals surface area (Å²) in [4.78, 5) is 0. The van der Waals surface area contributed by atoms with Gasteiger partial charge in [-0.3, -0.25) is 0 Å². The Kier molecular flexibility index (Phi) is 13.7. The molecule has 0 saturated heterocycles. The summed E-state index contributed by atoms with van der Waals surface area (Å²) in [7, 11) is 0. The number of benzene rings is 4. The van der Waals surface area contributed by atoms with Crippen molar-refractivity contribution in [1.82, 2.24) is 0 Å². The molecule has 0 radical (unpaired) electrons. The minimum atomic E-state index is -1.21. The van der Waals surface area contributed by atoms with Crippen molar-refractivity contribution in [3.63, 3.8) is 0 Å². The van der Waals surface area contributed by atoms with Crippen LogP contribution in [-0.4, -0.2) is 3.21 Å². The van der Waals surface area contributed by atoms with E-state index in [1.807, 2.05) is 0 Å². The van der Waals surface area contributed by atoms with Gasteiger partial charge in [0.05, 0.1) is 0 Å². The van der Waals surface area contributed by atoms with Crippen LogP contribution in [-0.2, 0) is 48.4 Å². The molecule has 2 aliphatic rings. The van der Waals surface area contributed by atoms with Gasteiger partial charge in [0.1, 0.15) is 0 Å². The van der Waals surface area contributed by atoms with E-state index in [0.29, 0.717) is 3.63 Å². The monoisotopic (exact) mass is 723 g/mol. The third kappa shape index (κ3) is 7.09. The number of rotatable bonds is 12. The van der Waals surface area contributed by atoms with Crippen molar-refractivity contribution >= 4 is 8.78 Å². The van der Waals surface area contributed by atoms with E-state index in [-0.39, 0.29) is 24.8 Å². The molecule has 0 amide bonds. The van der Waals surface area contributed by atoms with Crippen LogP contribution in [0.2, 0.25) is 0 Å². The van der Waals surface area contributed by atoms with E-state index in [2.05, 4.69) is 125 Å². The van der Waals surface area contributed by atoms with Gasteiger partial charge >= 0.3 is 279 Å². The van der Waals surface area contributed by atoms with Gasteiger partial charge in [0, 0.05) is 0 Å². The summed E-state index contributed by atoms with van der Waals surface area (Å²) in [5.41, 5.74) is 19.3. The second-order valence-electron chi connectivity index (χ2n) is 12.5.